The fourth-order valence-corrected chi connectivity index (χ4v) is 1.85. The van der Waals surface area contributed by atoms with E-state index in [0.717, 1.165) is 25.7 Å². The zero-order valence-electron chi connectivity index (χ0n) is 9.64. The average Bonchev–Trinajstić information content (AvgIpc) is 2.97. The highest BCUT2D eigenvalue weighted by Gasteiger charge is 2.47. The van der Waals surface area contributed by atoms with Crippen molar-refractivity contribution in [1.29, 1.82) is 0 Å². The van der Waals surface area contributed by atoms with E-state index < -0.39 is 5.60 Å². The molecule has 1 fully saturated rings. The van der Waals surface area contributed by atoms with Crippen LogP contribution in [0.25, 0.3) is 0 Å². The fraction of sp³-hybridized carbons (Fsp3) is 0.917. The molecule has 1 aliphatic carbocycles. The molecule has 1 aliphatic rings. The highest BCUT2D eigenvalue weighted by Crippen LogP contribution is 2.43. The van der Waals surface area contributed by atoms with E-state index in [4.69, 9.17) is 4.74 Å². The Balaban J connectivity index is 2.55. The van der Waals surface area contributed by atoms with E-state index in [1.165, 1.54) is 0 Å². The largest absolute Gasteiger partial charge is 0.367 e. The van der Waals surface area contributed by atoms with Gasteiger partial charge in [0, 0.05) is 13.0 Å². The minimum absolute atomic E-state index is 0.302. The second-order valence-corrected chi connectivity index (χ2v) is 4.40. The molecule has 0 aromatic heterocycles. The molecule has 0 spiro atoms. The van der Waals surface area contributed by atoms with Crippen molar-refractivity contribution in [3.05, 3.63) is 0 Å². The summed E-state index contributed by atoms with van der Waals surface area (Å²) in [5, 5.41) is 0. The topological polar surface area (TPSA) is 26.3 Å². The first-order valence-corrected chi connectivity index (χ1v) is 5.82. The van der Waals surface area contributed by atoms with Gasteiger partial charge in [-0.25, -0.2) is 0 Å². The van der Waals surface area contributed by atoms with Crippen molar-refractivity contribution < 1.29 is 9.53 Å². The summed E-state index contributed by atoms with van der Waals surface area (Å²) < 4.78 is 5.77. The van der Waals surface area contributed by atoms with Crippen LogP contribution in [0.5, 0.6) is 0 Å². The Morgan fingerprint density at radius 2 is 2.00 bits per heavy atom. The summed E-state index contributed by atoms with van der Waals surface area (Å²) in [6.45, 7) is 6.82. The molecule has 0 radical (unpaired) electrons. The number of ketones is 1. The van der Waals surface area contributed by atoms with E-state index in [1.54, 1.807) is 0 Å². The van der Waals surface area contributed by atoms with Crippen molar-refractivity contribution in [2.75, 3.05) is 6.61 Å². The van der Waals surface area contributed by atoms with Crippen molar-refractivity contribution in [2.24, 2.45) is 5.92 Å². The number of rotatable bonds is 7. The van der Waals surface area contributed by atoms with E-state index in [-0.39, 0.29) is 0 Å². The third-order valence-electron chi connectivity index (χ3n) is 2.99. The number of carbonyl (C=O) groups is 1. The summed E-state index contributed by atoms with van der Waals surface area (Å²) in [6.07, 6.45) is 4.90. The molecular formula is C12H22O2. The number of carbonyl (C=O) groups excluding carboxylic acids is 1. The molecule has 0 aromatic rings. The Morgan fingerprint density at radius 1 is 1.36 bits per heavy atom. The van der Waals surface area contributed by atoms with Crippen molar-refractivity contribution in [2.45, 2.75) is 58.5 Å². The van der Waals surface area contributed by atoms with E-state index in [2.05, 4.69) is 6.92 Å². The van der Waals surface area contributed by atoms with Gasteiger partial charge in [-0.15, -0.1) is 0 Å². The first kappa shape index (κ1) is 11.7. The van der Waals surface area contributed by atoms with Crippen LogP contribution in [0.15, 0.2) is 0 Å². The molecule has 0 heterocycles. The molecule has 2 heteroatoms. The smallest absolute Gasteiger partial charge is 0.164 e. The molecule has 0 N–H and O–H groups in total. The van der Waals surface area contributed by atoms with Crippen LogP contribution in [0.2, 0.25) is 0 Å². The summed E-state index contributed by atoms with van der Waals surface area (Å²) in [5.41, 5.74) is -0.466. The SMILES string of the molecule is CCCOC(C)(C(=O)CCC)C1CC1. The van der Waals surface area contributed by atoms with Gasteiger partial charge in [0.1, 0.15) is 5.60 Å². The Kier molecular flexibility index (Phi) is 4.11. The van der Waals surface area contributed by atoms with Gasteiger partial charge in [0.15, 0.2) is 5.78 Å². The Hall–Kier alpha value is -0.370. The molecule has 2 nitrogen and oxygen atoms in total. The molecule has 0 saturated heterocycles. The summed E-state index contributed by atoms with van der Waals surface area (Å²) >= 11 is 0. The molecule has 0 amide bonds. The van der Waals surface area contributed by atoms with Gasteiger partial charge in [0.05, 0.1) is 0 Å². The van der Waals surface area contributed by atoms with E-state index >= 15 is 0 Å². The van der Waals surface area contributed by atoms with Crippen LogP contribution in [0.4, 0.5) is 0 Å². The normalized spacial score (nSPS) is 20.5. The third kappa shape index (κ3) is 2.57. The average molecular weight is 198 g/mol. The molecular weight excluding hydrogens is 176 g/mol. The van der Waals surface area contributed by atoms with Gasteiger partial charge >= 0.3 is 0 Å². The van der Waals surface area contributed by atoms with E-state index in [1.807, 2.05) is 13.8 Å². The first-order valence-electron chi connectivity index (χ1n) is 5.82. The number of hydrogen-bond donors (Lipinski definition) is 0. The summed E-state index contributed by atoms with van der Waals surface area (Å²) in [7, 11) is 0. The number of Topliss-reactive ketones (excluding diaryl/α,β-unsaturated/α-hetero) is 1. The molecule has 0 aromatic carbocycles. The lowest BCUT2D eigenvalue weighted by Crippen LogP contribution is -2.41. The second kappa shape index (κ2) is 4.92. The lowest BCUT2D eigenvalue weighted by Gasteiger charge is -2.28. The molecule has 82 valence electrons. The standard InChI is InChI=1S/C12H22O2/c1-4-6-11(13)12(3,10-7-8-10)14-9-5-2/h10H,4-9H2,1-3H3. The second-order valence-electron chi connectivity index (χ2n) is 4.40. The monoisotopic (exact) mass is 198 g/mol. The quantitative estimate of drug-likeness (QED) is 0.628. The zero-order valence-corrected chi connectivity index (χ0v) is 9.64. The van der Waals surface area contributed by atoms with E-state index in [0.29, 0.717) is 24.7 Å². The Labute approximate surface area is 87.0 Å². The minimum Gasteiger partial charge on any atom is -0.367 e. The van der Waals surface area contributed by atoms with Crippen LogP contribution < -0.4 is 0 Å². The van der Waals surface area contributed by atoms with Gasteiger partial charge in [-0.1, -0.05) is 13.8 Å². The predicted molar refractivity (Wildman–Crippen MR) is 57.3 cm³/mol. The van der Waals surface area contributed by atoms with Crippen LogP contribution in [-0.4, -0.2) is 18.0 Å². The van der Waals surface area contributed by atoms with Crippen molar-refractivity contribution >= 4 is 5.78 Å². The lowest BCUT2D eigenvalue weighted by atomic mass is 9.91. The third-order valence-corrected chi connectivity index (χ3v) is 2.99. The van der Waals surface area contributed by atoms with Crippen molar-refractivity contribution in [3.63, 3.8) is 0 Å². The highest BCUT2D eigenvalue weighted by atomic mass is 16.5. The first-order chi connectivity index (χ1) is 6.65. The van der Waals surface area contributed by atoms with Crippen LogP contribution in [0.3, 0.4) is 0 Å². The Morgan fingerprint density at radius 3 is 2.43 bits per heavy atom. The maximum Gasteiger partial charge on any atom is 0.164 e. The maximum absolute atomic E-state index is 11.9. The lowest BCUT2D eigenvalue weighted by molar-refractivity contribution is -0.145. The van der Waals surface area contributed by atoms with Crippen LogP contribution in [-0.2, 0) is 9.53 Å². The van der Waals surface area contributed by atoms with E-state index in [9.17, 15) is 4.79 Å². The zero-order chi connectivity index (χ0) is 10.6. The Bertz CT molecular complexity index is 196. The molecule has 1 unspecified atom stereocenters. The summed E-state index contributed by atoms with van der Waals surface area (Å²) in [4.78, 5) is 11.9. The summed E-state index contributed by atoms with van der Waals surface area (Å²) in [5.74, 6) is 0.795. The van der Waals surface area contributed by atoms with Gasteiger partial charge < -0.3 is 4.74 Å². The molecule has 0 aliphatic heterocycles. The highest BCUT2D eigenvalue weighted by molar-refractivity contribution is 5.87. The van der Waals surface area contributed by atoms with Gasteiger partial charge in [0.25, 0.3) is 0 Å². The molecule has 1 rings (SSSR count). The van der Waals surface area contributed by atoms with Gasteiger partial charge in [0.2, 0.25) is 0 Å². The predicted octanol–water partition coefficient (Wildman–Crippen LogP) is 2.95. The maximum atomic E-state index is 11.9. The minimum atomic E-state index is -0.466. The van der Waals surface area contributed by atoms with Crippen molar-refractivity contribution in [1.82, 2.24) is 0 Å². The van der Waals surface area contributed by atoms with Crippen LogP contribution >= 0.6 is 0 Å². The number of ether oxygens (including phenoxy) is 1. The fourth-order valence-electron chi connectivity index (χ4n) is 1.85. The van der Waals surface area contributed by atoms with Gasteiger partial charge in [-0.3, -0.25) is 4.79 Å². The van der Waals surface area contributed by atoms with Crippen LogP contribution in [0.1, 0.15) is 52.9 Å². The summed E-state index contributed by atoms with van der Waals surface area (Å²) in [6, 6.07) is 0. The van der Waals surface area contributed by atoms with Gasteiger partial charge in [-0.2, -0.15) is 0 Å². The number of hydrogen-bond acceptors (Lipinski definition) is 2. The molecule has 1 saturated carbocycles. The molecule has 1 atom stereocenters. The van der Waals surface area contributed by atoms with Gasteiger partial charge in [-0.05, 0) is 38.5 Å². The van der Waals surface area contributed by atoms with Crippen molar-refractivity contribution in [3.8, 4) is 0 Å². The molecule has 0 bridgehead atoms. The molecule has 14 heavy (non-hydrogen) atoms. The van der Waals surface area contributed by atoms with Crippen LogP contribution in [0, 0.1) is 5.92 Å².